The summed E-state index contributed by atoms with van der Waals surface area (Å²) >= 11 is 1.30. The summed E-state index contributed by atoms with van der Waals surface area (Å²) in [4.78, 5) is 16.6. The molecule has 152 valence electrons. The van der Waals surface area contributed by atoms with Crippen molar-refractivity contribution in [3.8, 4) is 22.1 Å². The second kappa shape index (κ2) is 9.44. The number of para-hydroxylation sites is 1. The molecular formula is C20H18F2N2O4S. The Morgan fingerprint density at radius 3 is 2.79 bits per heavy atom. The molecular weight excluding hydrogens is 402 g/mol. The molecule has 0 radical (unpaired) electrons. The number of amides is 1. The van der Waals surface area contributed by atoms with Crippen LogP contribution in [-0.2, 0) is 0 Å². The molecule has 0 fully saturated rings. The van der Waals surface area contributed by atoms with Gasteiger partial charge in [0.05, 0.1) is 12.7 Å². The number of carbonyl (C=O) groups is 1. The fraction of sp³-hybridized carbons (Fsp3) is 0.200. The minimum atomic E-state index is -1.04. The predicted octanol–water partition coefficient (Wildman–Crippen LogP) is 3.27. The number of aliphatic hydroxyl groups is 1. The van der Waals surface area contributed by atoms with E-state index in [0.717, 1.165) is 17.7 Å². The van der Waals surface area contributed by atoms with E-state index in [1.54, 1.807) is 18.6 Å². The van der Waals surface area contributed by atoms with Crippen LogP contribution in [0.4, 0.5) is 8.78 Å². The maximum atomic E-state index is 13.1. The van der Waals surface area contributed by atoms with E-state index in [1.165, 1.54) is 17.4 Å². The van der Waals surface area contributed by atoms with Crippen LogP contribution in [-0.4, -0.2) is 42.4 Å². The minimum Gasteiger partial charge on any atom is -0.496 e. The van der Waals surface area contributed by atoms with Crippen LogP contribution in [0.15, 0.2) is 47.8 Å². The number of hydrogen-bond donors (Lipinski definition) is 2. The number of aromatic nitrogens is 1. The Balaban J connectivity index is 1.53. The van der Waals surface area contributed by atoms with Gasteiger partial charge >= 0.3 is 0 Å². The Morgan fingerprint density at radius 1 is 1.24 bits per heavy atom. The van der Waals surface area contributed by atoms with Gasteiger partial charge in [-0.05, 0) is 24.3 Å². The van der Waals surface area contributed by atoms with Gasteiger partial charge in [0.15, 0.2) is 11.6 Å². The van der Waals surface area contributed by atoms with Crippen molar-refractivity contribution < 1.29 is 28.2 Å². The van der Waals surface area contributed by atoms with Crippen LogP contribution in [0.1, 0.15) is 10.5 Å². The van der Waals surface area contributed by atoms with E-state index in [-0.39, 0.29) is 24.6 Å². The summed E-state index contributed by atoms with van der Waals surface area (Å²) in [6.45, 7) is -0.293. The summed E-state index contributed by atoms with van der Waals surface area (Å²) in [5, 5.41) is 14.7. The first-order chi connectivity index (χ1) is 14.0. The van der Waals surface area contributed by atoms with Crippen molar-refractivity contribution in [2.24, 2.45) is 0 Å². The SMILES string of the molecule is COc1ccccc1-c1nc(C(=O)NCC(O)COc2ccc(F)c(F)c2)cs1. The number of methoxy groups -OCH3 is 1. The number of nitrogens with zero attached hydrogens (tertiary/aromatic N) is 1. The first kappa shape index (κ1) is 20.7. The van der Waals surface area contributed by atoms with Gasteiger partial charge in [-0.15, -0.1) is 11.3 Å². The van der Waals surface area contributed by atoms with Crippen molar-refractivity contribution in [2.75, 3.05) is 20.3 Å². The smallest absolute Gasteiger partial charge is 0.270 e. The highest BCUT2D eigenvalue weighted by molar-refractivity contribution is 7.13. The molecule has 1 heterocycles. The monoisotopic (exact) mass is 420 g/mol. The second-order valence-corrected chi connectivity index (χ2v) is 6.85. The molecule has 1 unspecified atom stereocenters. The van der Waals surface area contributed by atoms with E-state index in [2.05, 4.69) is 10.3 Å². The molecule has 0 saturated carbocycles. The minimum absolute atomic E-state index is 0.0789. The third kappa shape index (κ3) is 5.27. The van der Waals surface area contributed by atoms with Crippen LogP contribution in [0.25, 0.3) is 10.6 Å². The van der Waals surface area contributed by atoms with Gasteiger partial charge in [0.25, 0.3) is 5.91 Å². The molecule has 1 amide bonds. The standard InChI is InChI=1S/C20H18F2N2O4S/c1-27-18-5-3-2-4-14(18)20-24-17(11-29-20)19(26)23-9-12(25)10-28-13-6-7-15(21)16(22)8-13/h2-8,11-12,25H,9-10H2,1H3,(H,23,26). The van der Waals surface area contributed by atoms with E-state index in [4.69, 9.17) is 9.47 Å². The third-order valence-corrected chi connectivity index (χ3v) is 4.78. The number of thiazole rings is 1. The topological polar surface area (TPSA) is 80.7 Å². The predicted molar refractivity (Wildman–Crippen MR) is 104 cm³/mol. The molecule has 29 heavy (non-hydrogen) atoms. The number of carbonyl (C=O) groups excluding carboxylic acids is 1. The maximum absolute atomic E-state index is 13.1. The quantitative estimate of drug-likeness (QED) is 0.585. The van der Waals surface area contributed by atoms with Crippen molar-refractivity contribution in [1.29, 1.82) is 0 Å². The van der Waals surface area contributed by atoms with Crippen LogP contribution in [0, 0.1) is 11.6 Å². The van der Waals surface area contributed by atoms with Gasteiger partial charge in [0.2, 0.25) is 0 Å². The Labute approximate surface area is 169 Å². The maximum Gasteiger partial charge on any atom is 0.270 e. The molecule has 2 N–H and O–H groups in total. The summed E-state index contributed by atoms with van der Waals surface area (Å²) < 4.78 is 36.5. The van der Waals surface area contributed by atoms with Crippen molar-refractivity contribution in [1.82, 2.24) is 10.3 Å². The highest BCUT2D eigenvalue weighted by Gasteiger charge is 2.16. The van der Waals surface area contributed by atoms with E-state index in [1.807, 2.05) is 18.2 Å². The molecule has 2 aromatic carbocycles. The highest BCUT2D eigenvalue weighted by atomic mass is 32.1. The highest BCUT2D eigenvalue weighted by Crippen LogP contribution is 2.31. The molecule has 0 aliphatic heterocycles. The van der Waals surface area contributed by atoms with E-state index < -0.39 is 23.6 Å². The summed E-state index contributed by atoms with van der Waals surface area (Å²) in [6, 6.07) is 10.4. The third-order valence-electron chi connectivity index (χ3n) is 3.91. The number of aliphatic hydroxyl groups excluding tert-OH is 1. The lowest BCUT2D eigenvalue weighted by molar-refractivity contribution is 0.0840. The molecule has 0 saturated heterocycles. The first-order valence-corrected chi connectivity index (χ1v) is 9.49. The van der Waals surface area contributed by atoms with E-state index in [9.17, 15) is 18.7 Å². The summed E-state index contributed by atoms with van der Waals surface area (Å²) in [5.74, 6) is -1.75. The van der Waals surface area contributed by atoms with Crippen molar-refractivity contribution >= 4 is 17.2 Å². The van der Waals surface area contributed by atoms with Crippen LogP contribution >= 0.6 is 11.3 Å². The Morgan fingerprint density at radius 2 is 2.03 bits per heavy atom. The summed E-state index contributed by atoms with van der Waals surface area (Å²) in [5.41, 5.74) is 0.989. The molecule has 3 rings (SSSR count). The fourth-order valence-corrected chi connectivity index (χ4v) is 3.27. The molecule has 6 nitrogen and oxygen atoms in total. The van der Waals surface area contributed by atoms with Crippen molar-refractivity contribution in [3.05, 3.63) is 65.2 Å². The van der Waals surface area contributed by atoms with Gasteiger partial charge in [-0.2, -0.15) is 0 Å². The van der Waals surface area contributed by atoms with Gasteiger partial charge in [-0.25, -0.2) is 13.8 Å². The van der Waals surface area contributed by atoms with Crippen LogP contribution in [0.5, 0.6) is 11.5 Å². The average Bonchev–Trinajstić information content (AvgIpc) is 3.23. The summed E-state index contributed by atoms with van der Waals surface area (Å²) in [6.07, 6.45) is -1.04. The molecule has 1 aromatic heterocycles. The zero-order valence-corrected chi connectivity index (χ0v) is 16.2. The lowest BCUT2D eigenvalue weighted by Gasteiger charge is -2.13. The zero-order chi connectivity index (χ0) is 20.8. The second-order valence-electron chi connectivity index (χ2n) is 5.99. The molecule has 0 spiro atoms. The van der Waals surface area contributed by atoms with E-state index in [0.29, 0.717) is 10.8 Å². The normalized spacial score (nSPS) is 11.7. The number of hydrogen-bond acceptors (Lipinski definition) is 6. The number of benzene rings is 2. The van der Waals surface area contributed by atoms with Crippen LogP contribution < -0.4 is 14.8 Å². The van der Waals surface area contributed by atoms with Crippen molar-refractivity contribution in [2.45, 2.75) is 6.10 Å². The summed E-state index contributed by atoms with van der Waals surface area (Å²) in [7, 11) is 1.56. The molecule has 0 bridgehead atoms. The Kier molecular flexibility index (Phi) is 6.73. The molecule has 0 aliphatic rings. The largest absolute Gasteiger partial charge is 0.496 e. The number of nitrogens with one attached hydrogen (secondary N) is 1. The van der Waals surface area contributed by atoms with Gasteiger partial charge in [-0.1, -0.05) is 12.1 Å². The zero-order valence-electron chi connectivity index (χ0n) is 15.4. The van der Waals surface area contributed by atoms with Gasteiger partial charge in [0.1, 0.15) is 34.9 Å². The lowest BCUT2D eigenvalue weighted by Crippen LogP contribution is -2.35. The molecule has 3 aromatic rings. The number of ether oxygens (including phenoxy) is 2. The van der Waals surface area contributed by atoms with Gasteiger partial charge < -0.3 is 19.9 Å². The van der Waals surface area contributed by atoms with Crippen LogP contribution in [0.2, 0.25) is 0 Å². The molecule has 1 atom stereocenters. The van der Waals surface area contributed by atoms with Gasteiger partial charge in [-0.3, -0.25) is 4.79 Å². The van der Waals surface area contributed by atoms with Crippen LogP contribution in [0.3, 0.4) is 0 Å². The average molecular weight is 420 g/mol. The Hall–Kier alpha value is -3.04. The fourth-order valence-electron chi connectivity index (χ4n) is 2.44. The molecule has 0 aliphatic carbocycles. The lowest BCUT2D eigenvalue weighted by atomic mass is 10.2. The number of halogens is 2. The van der Waals surface area contributed by atoms with E-state index >= 15 is 0 Å². The number of rotatable bonds is 8. The molecule has 9 heteroatoms. The first-order valence-electron chi connectivity index (χ1n) is 8.61. The van der Waals surface area contributed by atoms with Gasteiger partial charge in [0, 0.05) is 18.0 Å². The Bertz CT molecular complexity index is 996. The van der Waals surface area contributed by atoms with Crippen molar-refractivity contribution in [3.63, 3.8) is 0 Å².